The topological polar surface area (TPSA) is 46.5 Å². The highest BCUT2D eigenvalue weighted by atomic mass is 32.3. The van der Waals surface area contributed by atoms with E-state index in [0.29, 0.717) is 0 Å². The van der Waals surface area contributed by atoms with E-state index in [1.165, 1.54) is 5.56 Å². The Morgan fingerprint density at radius 2 is 1.24 bits per heavy atom. The van der Waals surface area contributed by atoms with Gasteiger partial charge in [-0.3, -0.25) is 0 Å². The highest BCUT2D eigenvalue weighted by molar-refractivity contribution is 8.30. The zero-order chi connectivity index (χ0) is 17.7. The fraction of sp³-hybridized carbons (Fsp3) is 0.0952. The zero-order valence-corrected chi connectivity index (χ0v) is 14.8. The molecule has 0 saturated heterocycles. The molecule has 0 aromatic heterocycles. The number of hydrogen-bond donors (Lipinski definition) is 1. The van der Waals surface area contributed by atoms with Crippen LogP contribution in [-0.2, 0) is 10.6 Å². The van der Waals surface area contributed by atoms with Crippen LogP contribution in [0.25, 0.3) is 0 Å². The molecule has 0 unspecified atom stereocenters. The Morgan fingerprint density at radius 1 is 0.800 bits per heavy atom. The van der Waals surface area contributed by atoms with Crippen LogP contribution in [0.2, 0.25) is 0 Å². The molecule has 0 radical (unpaired) electrons. The Morgan fingerprint density at radius 3 is 1.64 bits per heavy atom. The van der Waals surface area contributed by atoms with Crippen molar-refractivity contribution in [1.29, 1.82) is 0 Å². The summed E-state index contributed by atoms with van der Waals surface area (Å²) in [4.78, 5) is 14.2. The number of carbonyl (C=O) groups is 1. The Kier molecular flexibility index (Phi) is 5.10. The van der Waals surface area contributed by atoms with Gasteiger partial charge in [-0.15, -0.1) is 0 Å². The van der Waals surface area contributed by atoms with E-state index in [4.69, 9.17) is 4.18 Å². The van der Waals surface area contributed by atoms with Crippen LogP contribution in [0, 0.1) is 0 Å². The van der Waals surface area contributed by atoms with Crippen molar-refractivity contribution in [3.05, 3.63) is 90.5 Å². The molecule has 0 bridgehead atoms. The first-order valence-corrected chi connectivity index (χ1v) is 9.67. The summed E-state index contributed by atoms with van der Waals surface area (Å²) in [6.45, 7) is 2.09. The maximum absolute atomic E-state index is 11.7. The molecule has 128 valence electrons. The lowest BCUT2D eigenvalue weighted by atomic mass is 10.2. The molecule has 0 heterocycles. The van der Waals surface area contributed by atoms with Gasteiger partial charge in [0.1, 0.15) is 0 Å². The minimum atomic E-state index is -2.36. The summed E-state index contributed by atoms with van der Waals surface area (Å²) < 4.78 is 5.67. The van der Waals surface area contributed by atoms with Crippen molar-refractivity contribution in [2.75, 3.05) is 0 Å². The van der Waals surface area contributed by atoms with Gasteiger partial charge in [-0.1, -0.05) is 55.5 Å². The van der Waals surface area contributed by atoms with E-state index in [9.17, 15) is 9.90 Å². The van der Waals surface area contributed by atoms with Crippen LogP contribution in [0.5, 0.6) is 0 Å². The van der Waals surface area contributed by atoms with Crippen molar-refractivity contribution < 1.29 is 14.1 Å². The molecule has 0 aliphatic rings. The van der Waals surface area contributed by atoms with Crippen LogP contribution in [0.15, 0.2) is 99.6 Å². The summed E-state index contributed by atoms with van der Waals surface area (Å²) in [6.07, 6.45) is -0.346. The second-order valence-corrected chi connectivity index (χ2v) is 8.22. The molecule has 3 aromatic rings. The van der Waals surface area contributed by atoms with E-state index in [1.807, 2.05) is 84.9 Å². The quantitative estimate of drug-likeness (QED) is 0.600. The average molecular weight is 352 g/mol. The van der Waals surface area contributed by atoms with Crippen LogP contribution in [-0.4, -0.2) is 11.3 Å². The van der Waals surface area contributed by atoms with E-state index in [2.05, 4.69) is 6.92 Å². The van der Waals surface area contributed by atoms with Gasteiger partial charge in [-0.05, 0) is 58.7 Å². The SMILES string of the molecule is CCc1ccc(S(OC(=O)O)(c2ccccc2)c2ccccc2)cc1. The Hall–Kier alpha value is -2.72. The molecule has 1 N–H and O–H groups in total. The molecule has 3 nitrogen and oxygen atoms in total. The van der Waals surface area contributed by atoms with Crippen molar-refractivity contribution in [3.63, 3.8) is 0 Å². The van der Waals surface area contributed by atoms with Gasteiger partial charge in [0.15, 0.2) is 0 Å². The predicted octanol–water partition coefficient (Wildman–Crippen LogP) is 6.14. The first kappa shape index (κ1) is 17.1. The van der Waals surface area contributed by atoms with Gasteiger partial charge in [0.25, 0.3) is 0 Å². The molecular weight excluding hydrogens is 332 g/mol. The van der Waals surface area contributed by atoms with Crippen LogP contribution in [0.3, 0.4) is 0 Å². The van der Waals surface area contributed by atoms with Gasteiger partial charge in [0.05, 0.1) is 0 Å². The normalized spacial score (nSPS) is 11.7. The van der Waals surface area contributed by atoms with Gasteiger partial charge in [0, 0.05) is 14.7 Å². The van der Waals surface area contributed by atoms with Crippen molar-refractivity contribution in [3.8, 4) is 0 Å². The van der Waals surface area contributed by atoms with E-state index < -0.39 is 16.5 Å². The van der Waals surface area contributed by atoms with Crippen LogP contribution >= 0.6 is 10.3 Å². The standard InChI is InChI=1S/C21H20O3S/c1-2-17-13-15-20(16-14-17)25(24-21(22)23,18-9-5-3-6-10-18)19-11-7-4-8-12-19/h3-16H,2H2,1H3,(H,22,23). The van der Waals surface area contributed by atoms with Crippen LogP contribution in [0.4, 0.5) is 4.79 Å². The Bertz CT molecular complexity index is 791. The van der Waals surface area contributed by atoms with Crippen molar-refractivity contribution in [1.82, 2.24) is 0 Å². The zero-order valence-electron chi connectivity index (χ0n) is 14.0. The first-order valence-electron chi connectivity index (χ1n) is 8.11. The van der Waals surface area contributed by atoms with Crippen molar-refractivity contribution in [2.45, 2.75) is 28.0 Å². The van der Waals surface area contributed by atoms with E-state index >= 15 is 0 Å². The third kappa shape index (κ3) is 3.39. The fourth-order valence-corrected chi connectivity index (χ4v) is 5.72. The number of carboxylic acid groups (broad SMARTS) is 1. The van der Waals surface area contributed by atoms with Gasteiger partial charge < -0.3 is 9.29 Å². The maximum atomic E-state index is 11.7. The van der Waals surface area contributed by atoms with E-state index in [0.717, 1.165) is 21.1 Å². The lowest BCUT2D eigenvalue weighted by Gasteiger charge is -2.38. The average Bonchev–Trinajstić information content (AvgIpc) is 2.67. The number of benzene rings is 3. The highest BCUT2D eigenvalue weighted by Crippen LogP contribution is 2.69. The summed E-state index contributed by atoms with van der Waals surface area (Å²) in [5.74, 6) is 0. The predicted molar refractivity (Wildman–Crippen MR) is 100 cm³/mol. The summed E-state index contributed by atoms with van der Waals surface area (Å²) in [5, 5.41) is 9.53. The van der Waals surface area contributed by atoms with E-state index in [1.54, 1.807) is 0 Å². The minimum absolute atomic E-state index is 0.854. The molecule has 0 atom stereocenters. The molecule has 0 amide bonds. The lowest BCUT2D eigenvalue weighted by Crippen LogP contribution is -2.12. The third-order valence-corrected chi connectivity index (χ3v) is 7.21. The second-order valence-electron chi connectivity index (χ2n) is 5.53. The molecule has 25 heavy (non-hydrogen) atoms. The number of aryl methyl sites for hydroxylation is 1. The maximum Gasteiger partial charge on any atom is 0.517 e. The van der Waals surface area contributed by atoms with Crippen LogP contribution in [0.1, 0.15) is 12.5 Å². The van der Waals surface area contributed by atoms with Crippen LogP contribution < -0.4 is 0 Å². The second kappa shape index (κ2) is 7.45. The van der Waals surface area contributed by atoms with Crippen molar-refractivity contribution in [2.24, 2.45) is 0 Å². The third-order valence-electron chi connectivity index (χ3n) is 4.01. The van der Waals surface area contributed by atoms with E-state index in [-0.39, 0.29) is 0 Å². The Labute approximate surface area is 149 Å². The van der Waals surface area contributed by atoms with Gasteiger partial charge in [0.2, 0.25) is 0 Å². The molecule has 0 fully saturated rings. The number of rotatable bonds is 5. The smallest absolute Gasteiger partial charge is 0.449 e. The summed E-state index contributed by atoms with van der Waals surface area (Å²) in [7, 11) is -2.36. The van der Waals surface area contributed by atoms with Gasteiger partial charge in [-0.25, -0.2) is 4.79 Å². The first-order chi connectivity index (χ1) is 12.2. The monoisotopic (exact) mass is 352 g/mol. The Balaban J connectivity index is 2.29. The highest BCUT2D eigenvalue weighted by Gasteiger charge is 2.35. The molecule has 3 rings (SSSR count). The fourth-order valence-electron chi connectivity index (χ4n) is 2.80. The summed E-state index contributed by atoms with van der Waals surface area (Å²) >= 11 is 0. The summed E-state index contributed by atoms with van der Waals surface area (Å²) in [5.41, 5.74) is 1.20. The van der Waals surface area contributed by atoms with Gasteiger partial charge >= 0.3 is 6.16 Å². The molecule has 0 spiro atoms. The molecule has 3 aromatic carbocycles. The summed E-state index contributed by atoms with van der Waals surface area (Å²) in [6, 6.07) is 27.2. The molecule has 0 aliphatic heterocycles. The molecule has 0 aliphatic carbocycles. The minimum Gasteiger partial charge on any atom is -0.449 e. The molecule has 4 heteroatoms. The van der Waals surface area contributed by atoms with Gasteiger partial charge in [-0.2, -0.15) is 0 Å². The molecule has 0 saturated carbocycles. The lowest BCUT2D eigenvalue weighted by molar-refractivity contribution is 0.150. The number of hydrogen-bond acceptors (Lipinski definition) is 2. The van der Waals surface area contributed by atoms with Crippen molar-refractivity contribution >= 4 is 16.5 Å². The molecular formula is C21H20O3S. The largest absolute Gasteiger partial charge is 0.517 e.